The summed E-state index contributed by atoms with van der Waals surface area (Å²) >= 11 is 0. The quantitative estimate of drug-likeness (QED) is 0.428. The number of carbonyl (C=O) groups is 1. The van der Waals surface area contributed by atoms with E-state index in [0.29, 0.717) is 11.5 Å². The zero-order valence-electron chi connectivity index (χ0n) is 17.8. The second-order valence-corrected chi connectivity index (χ2v) is 13.6. The number of carbonyl (C=O) groups excluding carboxylic acids is 1. The summed E-state index contributed by atoms with van der Waals surface area (Å²) < 4.78 is 11.3. The lowest BCUT2D eigenvalue weighted by Gasteiger charge is -2.36. The molecule has 2 rings (SSSR count). The van der Waals surface area contributed by atoms with E-state index >= 15 is 0 Å². The molecule has 2 aromatic rings. The van der Waals surface area contributed by atoms with E-state index in [1.807, 2.05) is 24.3 Å². The molecule has 0 spiro atoms. The van der Waals surface area contributed by atoms with Gasteiger partial charge in [-0.05, 0) is 65.0 Å². The van der Waals surface area contributed by atoms with Crippen LogP contribution in [0.1, 0.15) is 56.5 Å². The number of hydrogen-bond acceptors (Lipinski definition) is 3. The first kappa shape index (κ1) is 21.2. The maximum Gasteiger partial charge on any atom is 0.337 e. The standard InChI is InChI=1S/C23H32O3Si/c1-16(2)21-15-19(26-27(7,8)23(3,4)5)12-13-20(21)17-10-9-11-18(14-17)22(24)25-6/h9-16H,1-8H3. The summed E-state index contributed by atoms with van der Waals surface area (Å²) in [6.45, 7) is 15.6. The Labute approximate surface area is 164 Å². The Hall–Kier alpha value is -2.07. The van der Waals surface area contributed by atoms with Gasteiger partial charge in [0.2, 0.25) is 8.32 Å². The van der Waals surface area contributed by atoms with E-state index in [1.165, 1.54) is 12.7 Å². The van der Waals surface area contributed by atoms with Crippen molar-refractivity contribution in [3.8, 4) is 16.9 Å². The highest BCUT2D eigenvalue weighted by atomic mass is 28.4. The first-order chi connectivity index (χ1) is 12.5. The molecular formula is C23H32O3Si. The predicted octanol–water partition coefficient (Wildman–Crippen LogP) is 6.65. The van der Waals surface area contributed by atoms with E-state index in [4.69, 9.17) is 9.16 Å². The van der Waals surface area contributed by atoms with Gasteiger partial charge in [-0.25, -0.2) is 4.79 Å². The Bertz CT molecular complexity index is 817. The molecule has 0 amide bonds. The van der Waals surface area contributed by atoms with Crippen LogP contribution in [0.2, 0.25) is 18.1 Å². The fourth-order valence-corrected chi connectivity index (χ4v) is 3.75. The molecule has 27 heavy (non-hydrogen) atoms. The van der Waals surface area contributed by atoms with E-state index in [0.717, 1.165) is 16.9 Å². The first-order valence-corrected chi connectivity index (χ1v) is 12.4. The van der Waals surface area contributed by atoms with Gasteiger partial charge in [-0.1, -0.05) is 52.8 Å². The van der Waals surface area contributed by atoms with Crippen molar-refractivity contribution in [2.24, 2.45) is 0 Å². The lowest BCUT2D eigenvalue weighted by molar-refractivity contribution is 0.0601. The number of benzene rings is 2. The Kier molecular flexibility index (Phi) is 6.20. The number of methoxy groups -OCH3 is 1. The zero-order valence-corrected chi connectivity index (χ0v) is 18.8. The Morgan fingerprint density at radius 3 is 2.26 bits per heavy atom. The fraction of sp³-hybridized carbons (Fsp3) is 0.435. The average Bonchev–Trinajstić information content (AvgIpc) is 2.59. The molecule has 4 heteroatoms. The number of esters is 1. The molecular weight excluding hydrogens is 352 g/mol. The van der Waals surface area contributed by atoms with Crippen LogP contribution < -0.4 is 4.43 Å². The highest BCUT2D eigenvalue weighted by molar-refractivity contribution is 6.74. The molecule has 146 valence electrons. The summed E-state index contributed by atoms with van der Waals surface area (Å²) in [4.78, 5) is 11.9. The molecule has 0 unspecified atom stereocenters. The lowest BCUT2D eigenvalue weighted by Crippen LogP contribution is -2.43. The maximum absolute atomic E-state index is 11.9. The van der Waals surface area contributed by atoms with Gasteiger partial charge in [-0.2, -0.15) is 0 Å². The van der Waals surface area contributed by atoms with Crippen LogP contribution in [0, 0.1) is 0 Å². The molecule has 0 aliphatic heterocycles. The van der Waals surface area contributed by atoms with Gasteiger partial charge in [-0.15, -0.1) is 0 Å². The van der Waals surface area contributed by atoms with Gasteiger partial charge in [0.25, 0.3) is 0 Å². The molecule has 3 nitrogen and oxygen atoms in total. The molecule has 0 N–H and O–H groups in total. The minimum Gasteiger partial charge on any atom is -0.543 e. The molecule has 0 bridgehead atoms. The smallest absolute Gasteiger partial charge is 0.337 e. The van der Waals surface area contributed by atoms with Crippen molar-refractivity contribution in [1.82, 2.24) is 0 Å². The van der Waals surface area contributed by atoms with Crippen molar-refractivity contribution in [2.45, 2.75) is 58.7 Å². The third-order valence-corrected chi connectivity index (χ3v) is 9.78. The molecule has 0 fully saturated rings. The van der Waals surface area contributed by atoms with E-state index in [2.05, 4.69) is 59.8 Å². The zero-order chi connectivity index (χ0) is 20.4. The Balaban J connectivity index is 2.47. The summed E-state index contributed by atoms with van der Waals surface area (Å²) in [7, 11) is -0.486. The van der Waals surface area contributed by atoms with Crippen LogP contribution in [0.15, 0.2) is 42.5 Å². The van der Waals surface area contributed by atoms with Crippen molar-refractivity contribution in [3.63, 3.8) is 0 Å². The molecule has 0 heterocycles. The molecule has 0 aliphatic carbocycles. The Morgan fingerprint density at radius 2 is 1.70 bits per heavy atom. The van der Waals surface area contributed by atoms with Crippen molar-refractivity contribution in [3.05, 3.63) is 53.6 Å². The summed E-state index contributed by atoms with van der Waals surface area (Å²) in [5, 5.41) is 0.151. The van der Waals surface area contributed by atoms with Gasteiger partial charge in [-0.3, -0.25) is 0 Å². The highest BCUT2D eigenvalue weighted by Crippen LogP contribution is 2.39. The van der Waals surface area contributed by atoms with E-state index in [-0.39, 0.29) is 11.0 Å². The summed E-state index contributed by atoms with van der Waals surface area (Å²) in [6.07, 6.45) is 0. The monoisotopic (exact) mass is 384 g/mol. The van der Waals surface area contributed by atoms with Crippen LogP contribution in [-0.4, -0.2) is 21.4 Å². The van der Waals surface area contributed by atoms with Crippen LogP contribution in [-0.2, 0) is 4.74 Å². The van der Waals surface area contributed by atoms with Crippen molar-refractivity contribution in [1.29, 1.82) is 0 Å². The molecule has 0 aromatic heterocycles. The summed E-state index contributed by atoms with van der Waals surface area (Å²) in [5.41, 5.74) is 3.92. The molecule has 0 aliphatic rings. The normalized spacial score (nSPS) is 12.2. The summed E-state index contributed by atoms with van der Waals surface area (Å²) in [5.74, 6) is 0.948. The lowest BCUT2D eigenvalue weighted by atomic mass is 9.91. The van der Waals surface area contributed by atoms with E-state index < -0.39 is 8.32 Å². The number of ether oxygens (including phenoxy) is 1. The Morgan fingerprint density at radius 1 is 1.04 bits per heavy atom. The predicted molar refractivity (Wildman–Crippen MR) is 115 cm³/mol. The van der Waals surface area contributed by atoms with Gasteiger partial charge < -0.3 is 9.16 Å². The van der Waals surface area contributed by atoms with Crippen molar-refractivity contribution >= 4 is 14.3 Å². The topological polar surface area (TPSA) is 35.5 Å². The number of hydrogen-bond donors (Lipinski definition) is 0. The first-order valence-electron chi connectivity index (χ1n) is 9.48. The van der Waals surface area contributed by atoms with Crippen LogP contribution in [0.3, 0.4) is 0 Å². The van der Waals surface area contributed by atoms with Gasteiger partial charge in [0.15, 0.2) is 0 Å². The fourth-order valence-electron chi connectivity index (χ4n) is 2.72. The highest BCUT2D eigenvalue weighted by Gasteiger charge is 2.39. The van der Waals surface area contributed by atoms with Crippen molar-refractivity contribution in [2.75, 3.05) is 7.11 Å². The molecule has 0 saturated heterocycles. The molecule has 0 radical (unpaired) electrons. The maximum atomic E-state index is 11.9. The van der Waals surface area contributed by atoms with E-state index in [9.17, 15) is 4.79 Å². The second-order valence-electron chi connectivity index (χ2n) is 8.84. The number of rotatable bonds is 5. The molecule has 0 saturated carbocycles. The van der Waals surface area contributed by atoms with Crippen molar-refractivity contribution < 1.29 is 14.0 Å². The molecule has 2 aromatic carbocycles. The van der Waals surface area contributed by atoms with Gasteiger partial charge >= 0.3 is 5.97 Å². The van der Waals surface area contributed by atoms with Crippen LogP contribution in [0.25, 0.3) is 11.1 Å². The largest absolute Gasteiger partial charge is 0.543 e. The van der Waals surface area contributed by atoms with Gasteiger partial charge in [0, 0.05) is 0 Å². The minimum absolute atomic E-state index is 0.151. The SMILES string of the molecule is COC(=O)c1cccc(-c2ccc(O[Si](C)(C)C(C)(C)C)cc2C(C)C)c1. The van der Waals surface area contributed by atoms with Gasteiger partial charge in [0.05, 0.1) is 12.7 Å². The third-order valence-electron chi connectivity index (χ3n) is 5.42. The summed E-state index contributed by atoms with van der Waals surface area (Å²) in [6, 6.07) is 13.9. The average molecular weight is 385 g/mol. The van der Waals surface area contributed by atoms with Gasteiger partial charge in [0.1, 0.15) is 5.75 Å². The van der Waals surface area contributed by atoms with E-state index in [1.54, 1.807) is 6.07 Å². The van der Waals surface area contributed by atoms with Crippen LogP contribution in [0.5, 0.6) is 5.75 Å². The van der Waals surface area contributed by atoms with Crippen LogP contribution >= 0.6 is 0 Å². The third kappa shape index (κ3) is 4.81. The molecule has 0 atom stereocenters. The second kappa shape index (κ2) is 7.89. The minimum atomic E-state index is -1.89. The van der Waals surface area contributed by atoms with Crippen LogP contribution in [0.4, 0.5) is 0 Å².